The van der Waals surface area contributed by atoms with Gasteiger partial charge in [-0.2, -0.15) is 0 Å². The van der Waals surface area contributed by atoms with Gasteiger partial charge in [0.1, 0.15) is 0 Å². The first-order chi connectivity index (χ1) is 9.71. The lowest BCUT2D eigenvalue weighted by Crippen LogP contribution is -2.14. The molecule has 0 saturated heterocycles. The molecule has 1 aromatic heterocycles. The number of aromatic nitrogens is 1. The van der Waals surface area contributed by atoms with E-state index in [9.17, 15) is 4.79 Å². The molecule has 1 amide bonds. The number of pyridine rings is 1. The third-order valence-electron chi connectivity index (χ3n) is 2.85. The molecule has 0 unspecified atom stereocenters. The molecule has 0 spiro atoms. The lowest BCUT2D eigenvalue weighted by Gasteiger charge is -2.06. The number of ether oxygens (including phenoxy) is 1. The van der Waals surface area contributed by atoms with Crippen LogP contribution < -0.4 is 15.8 Å². The summed E-state index contributed by atoms with van der Waals surface area (Å²) in [6, 6.07) is 11.1. The maximum atomic E-state index is 11.9. The average molecular weight is 271 g/mol. The van der Waals surface area contributed by atoms with Crippen molar-refractivity contribution < 1.29 is 9.53 Å². The zero-order valence-electron chi connectivity index (χ0n) is 11.3. The predicted octanol–water partition coefficient (Wildman–Crippen LogP) is 1.73. The largest absolute Gasteiger partial charge is 0.481 e. The van der Waals surface area contributed by atoms with E-state index < -0.39 is 0 Å². The van der Waals surface area contributed by atoms with Gasteiger partial charge in [-0.3, -0.25) is 4.79 Å². The SMILES string of the molecule is COc1ccc(NC(=O)Cc2ccc(CN)cc2)cn1. The van der Waals surface area contributed by atoms with Crippen LogP contribution in [0.3, 0.4) is 0 Å². The number of hydrogen-bond acceptors (Lipinski definition) is 4. The average Bonchev–Trinajstić information content (AvgIpc) is 2.49. The van der Waals surface area contributed by atoms with Crippen molar-refractivity contribution in [2.75, 3.05) is 12.4 Å². The maximum Gasteiger partial charge on any atom is 0.228 e. The van der Waals surface area contributed by atoms with Crippen molar-refractivity contribution in [2.45, 2.75) is 13.0 Å². The Hall–Kier alpha value is -2.40. The molecule has 0 atom stereocenters. The van der Waals surface area contributed by atoms with Gasteiger partial charge in [0.2, 0.25) is 11.8 Å². The fraction of sp³-hybridized carbons (Fsp3) is 0.200. The Bertz CT molecular complexity index is 513. The van der Waals surface area contributed by atoms with Crippen LogP contribution in [0.2, 0.25) is 0 Å². The Morgan fingerprint density at radius 3 is 2.45 bits per heavy atom. The number of benzene rings is 1. The molecule has 20 heavy (non-hydrogen) atoms. The summed E-state index contributed by atoms with van der Waals surface area (Å²) < 4.78 is 4.96. The van der Waals surface area contributed by atoms with E-state index in [1.165, 1.54) is 0 Å². The molecule has 5 nitrogen and oxygen atoms in total. The molecular formula is C15H17N3O2. The summed E-state index contributed by atoms with van der Waals surface area (Å²) in [6.45, 7) is 0.504. The van der Waals surface area contributed by atoms with Gasteiger partial charge in [-0.15, -0.1) is 0 Å². The van der Waals surface area contributed by atoms with Gasteiger partial charge in [0.05, 0.1) is 25.4 Å². The van der Waals surface area contributed by atoms with E-state index in [1.807, 2.05) is 24.3 Å². The molecular weight excluding hydrogens is 254 g/mol. The van der Waals surface area contributed by atoms with Crippen LogP contribution in [-0.4, -0.2) is 18.0 Å². The van der Waals surface area contributed by atoms with E-state index in [1.54, 1.807) is 25.4 Å². The Balaban J connectivity index is 1.93. The zero-order valence-corrected chi connectivity index (χ0v) is 11.3. The van der Waals surface area contributed by atoms with E-state index in [0.717, 1.165) is 11.1 Å². The van der Waals surface area contributed by atoms with Gasteiger partial charge < -0.3 is 15.8 Å². The summed E-state index contributed by atoms with van der Waals surface area (Å²) in [5.41, 5.74) is 8.17. The number of amides is 1. The first-order valence-corrected chi connectivity index (χ1v) is 6.29. The summed E-state index contributed by atoms with van der Waals surface area (Å²) in [7, 11) is 1.55. The molecule has 3 N–H and O–H groups in total. The normalized spacial score (nSPS) is 10.1. The lowest BCUT2D eigenvalue weighted by molar-refractivity contribution is -0.115. The number of carbonyl (C=O) groups is 1. The second kappa shape index (κ2) is 6.68. The fourth-order valence-corrected chi connectivity index (χ4v) is 1.76. The summed E-state index contributed by atoms with van der Waals surface area (Å²) in [6.07, 6.45) is 1.88. The van der Waals surface area contributed by atoms with Crippen LogP contribution in [0.15, 0.2) is 42.6 Å². The Kier molecular flexibility index (Phi) is 4.68. The van der Waals surface area contributed by atoms with Gasteiger partial charge in [0, 0.05) is 12.6 Å². The van der Waals surface area contributed by atoms with Crippen molar-refractivity contribution in [3.8, 4) is 5.88 Å². The Labute approximate surface area is 117 Å². The molecule has 0 saturated carbocycles. The van der Waals surface area contributed by atoms with Gasteiger partial charge in [-0.1, -0.05) is 24.3 Å². The number of rotatable bonds is 5. The van der Waals surface area contributed by atoms with Crippen molar-refractivity contribution in [3.05, 3.63) is 53.7 Å². The van der Waals surface area contributed by atoms with Crippen LogP contribution >= 0.6 is 0 Å². The van der Waals surface area contributed by atoms with Crippen LogP contribution in [-0.2, 0) is 17.8 Å². The number of anilines is 1. The molecule has 0 fully saturated rings. The minimum absolute atomic E-state index is 0.0857. The fourth-order valence-electron chi connectivity index (χ4n) is 1.76. The van der Waals surface area contributed by atoms with Crippen LogP contribution in [0.5, 0.6) is 5.88 Å². The summed E-state index contributed by atoms with van der Waals surface area (Å²) in [5, 5.41) is 2.79. The van der Waals surface area contributed by atoms with E-state index in [4.69, 9.17) is 10.5 Å². The summed E-state index contributed by atoms with van der Waals surface area (Å²) in [5.74, 6) is 0.429. The zero-order chi connectivity index (χ0) is 14.4. The molecule has 0 aliphatic rings. The lowest BCUT2D eigenvalue weighted by atomic mass is 10.1. The smallest absolute Gasteiger partial charge is 0.228 e. The number of nitrogens with two attached hydrogens (primary N) is 1. The number of nitrogens with zero attached hydrogens (tertiary/aromatic N) is 1. The van der Waals surface area contributed by atoms with E-state index in [2.05, 4.69) is 10.3 Å². The van der Waals surface area contributed by atoms with Gasteiger partial charge in [0.15, 0.2) is 0 Å². The van der Waals surface area contributed by atoms with E-state index in [-0.39, 0.29) is 5.91 Å². The highest BCUT2D eigenvalue weighted by atomic mass is 16.5. The maximum absolute atomic E-state index is 11.9. The van der Waals surface area contributed by atoms with Gasteiger partial charge in [-0.05, 0) is 17.2 Å². The molecule has 1 aromatic carbocycles. The predicted molar refractivity (Wildman–Crippen MR) is 77.5 cm³/mol. The summed E-state index contributed by atoms with van der Waals surface area (Å²) in [4.78, 5) is 15.9. The quantitative estimate of drug-likeness (QED) is 0.868. The molecule has 0 aliphatic heterocycles. The minimum Gasteiger partial charge on any atom is -0.481 e. The van der Waals surface area contributed by atoms with Crippen molar-refractivity contribution in [3.63, 3.8) is 0 Å². The molecule has 104 valence electrons. The molecule has 1 heterocycles. The first-order valence-electron chi connectivity index (χ1n) is 6.29. The highest BCUT2D eigenvalue weighted by Crippen LogP contribution is 2.12. The van der Waals surface area contributed by atoms with Crippen molar-refractivity contribution in [2.24, 2.45) is 5.73 Å². The standard InChI is InChI=1S/C15H17N3O2/c1-20-15-7-6-13(10-17-15)18-14(19)8-11-2-4-12(9-16)5-3-11/h2-7,10H,8-9,16H2,1H3,(H,18,19). The van der Waals surface area contributed by atoms with Gasteiger partial charge in [-0.25, -0.2) is 4.98 Å². The molecule has 2 aromatic rings. The molecule has 0 radical (unpaired) electrons. The van der Waals surface area contributed by atoms with Crippen molar-refractivity contribution >= 4 is 11.6 Å². The summed E-state index contributed by atoms with van der Waals surface area (Å²) >= 11 is 0. The van der Waals surface area contributed by atoms with Gasteiger partial charge >= 0.3 is 0 Å². The van der Waals surface area contributed by atoms with Crippen molar-refractivity contribution in [1.29, 1.82) is 0 Å². The van der Waals surface area contributed by atoms with Crippen molar-refractivity contribution in [1.82, 2.24) is 4.98 Å². The Morgan fingerprint density at radius 1 is 1.20 bits per heavy atom. The second-order valence-electron chi connectivity index (χ2n) is 4.33. The number of nitrogens with one attached hydrogen (secondary N) is 1. The third kappa shape index (κ3) is 3.80. The number of carbonyl (C=O) groups excluding carboxylic acids is 1. The second-order valence-corrected chi connectivity index (χ2v) is 4.33. The number of hydrogen-bond donors (Lipinski definition) is 2. The van der Waals surface area contributed by atoms with E-state index >= 15 is 0 Å². The highest BCUT2D eigenvalue weighted by molar-refractivity contribution is 5.92. The van der Waals surface area contributed by atoms with Gasteiger partial charge in [0.25, 0.3) is 0 Å². The van der Waals surface area contributed by atoms with Crippen LogP contribution in [0.1, 0.15) is 11.1 Å². The first kappa shape index (κ1) is 14.0. The molecule has 0 bridgehead atoms. The van der Waals surface area contributed by atoms with Crippen LogP contribution in [0.4, 0.5) is 5.69 Å². The molecule has 5 heteroatoms. The molecule has 2 rings (SSSR count). The third-order valence-corrected chi connectivity index (χ3v) is 2.85. The topological polar surface area (TPSA) is 77.2 Å². The Morgan fingerprint density at radius 2 is 1.90 bits per heavy atom. The van der Waals surface area contributed by atoms with Crippen LogP contribution in [0.25, 0.3) is 0 Å². The number of methoxy groups -OCH3 is 1. The minimum atomic E-state index is -0.0857. The highest BCUT2D eigenvalue weighted by Gasteiger charge is 2.05. The van der Waals surface area contributed by atoms with Crippen LogP contribution in [0, 0.1) is 0 Å². The van der Waals surface area contributed by atoms with E-state index in [0.29, 0.717) is 24.5 Å². The molecule has 0 aliphatic carbocycles. The monoisotopic (exact) mass is 271 g/mol.